The summed E-state index contributed by atoms with van der Waals surface area (Å²) in [6, 6.07) is 17.6. The van der Waals surface area contributed by atoms with Crippen molar-refractivity contribution in [1.29, 1.82) is 0 Å². The third-order valence-corrected chi connectivity index (χ3v) is 9.48. The van der Waals surface area contributed by atoms with Crippen LogP contribution in [0.4, 0.5) is 8.78 Å². The normalized spacial score (nSPS) is 14.8. The molecule has 0 amide bonds. The molecule has 1 N–H and O–H groups in total. The molecule has 0 radical (unpaired) electrons. The van der Waals surface area contributed by atoms with Crippen LogP contribution in [0, 0.1) is 18.6 Å². The van der Waals surface area contributed by atoms with Crippen LogP contribution in [0.1, 0.15) is 22.7 Å². The third-order valence-electron chi connectivity index (χ3n) is 8.29. The van der Waals surface area contributed by atoms with E-state index >= 15 is 8.78 Å². The number of halogens is 2. The fraction of sp³-hybridized carbons (Fsp3) is 0.333. The van der Waals surface area contributed by atoms with Crippen LogP contribution >= 0.6 is 0 Å². The molecule has 1 atom stereocenters. The molecule has 1 aliphatic heterocycles. The topological polar surface area (TPSA) is 103 Å². The van der Waals surface area contributed by atoms with E-state index in [0.29, 0.717) is 6.54 Å². The molecule has 2 heterocycles. The minimum Gasteiger partial charge on any atom is -0.494 e. The summed E-state index contributed by atoms with van der Waals surface area (Å²) in [5, 5.41) is 3.32. The Labute approximate surface area is 260 Å². The fourth-order valence-electron chi connectivity index (χ4n) is 5.94. The van der Waals surface area contributed by atoms with E-state index in [-0.39, 0.29) is 45.5 Å². The average molecular weight is 639 g/mol. The molecular weight excluding hydrogens is 602 g/mol. The third kappa shape index (κ3) is 6.77. The van der Waals surface area contributed by atoms with Gasteiger partial charge >= 0.3 is 5.69 Å². The molecule has 0 spiro atoms. The van der Waals surface area contributed by atoms with Gasteiger partial charge < -0.3 is 15.0 Å². The van der Waals surface area contributed by atoms with Crippen molar-refractivity contribution < 1.29 is 21.9 Å². The van der Waals surface area contributed by atoms with E-state index in [1.807, 2.05) is 30.3 Å². The van der Waals surface area contributed by atoms with E-state index in [0.717, 1.165) is 53.2 Å². The molecule has 5 rings (SSSR count). The van der Waals surface area contributed by atoms with Gasteiger partial charge in [0.25, 0.3) is 5.56 Å². The number of sulfone groups is 1. The zero-order valence-electron chi connectivity index (χ0n) is 25.4. The highest BCUT2D eigenvalue weighted by atomic mass is 32.2. The molecule has 3 aromatic carbocycles. The van der Waals surface area contributed by atoms with Crippen LogP contribution in [0.5, 0.6) is 5.75 Å². The molecule has 4 aromatic rings. The number of hydrogen-bond acceptors (Lipinski definition) is 7. The first-order valence-electron chi connectivity index (χ1n) is 14.6. The lowest BCUT2D eigenvalue weighted by molar-refractivity contribution is 0.219. The highest BCUT2D eigenvalue weighted by Crippen LogP contribution is 2.30. The average Bonchev–Trinajstić information content (AvgIpc) is 3.02. The summed E-state index contributed by atoms with van der Waals surface area (Å²) in [5.74, 6) is -2.00. The van der Waals surface area contributed by atoms with Crippen molar-refractivity contribution in [3.05, 3.63) is 116 Å². The van der Waals surface area contributed by atoms with Gasteiger partial charge in [-0.2, -0.15) is 0 Å². The second-order valence-electron chi connectivity index (χ2n) is 11.2. The second kappa shape index (κ2) is 13.5. The molecule has 1 saturated heterocycles. The van der Waals surface area contributed by atoms with Crippen LogP contribution in [0.2, 0.25) is 0 Å². The number of hydrogen-bond donors (Lipinski definition) is 1. The number of methoxy groups -OCH3 is 1. The zero-order chi connectivity index (χ0) is 32.3. The number of ether oxygens (including phenoxy) is 1. The van der Waals surface area contributed by atoms with E-state index in [4.69, 9.17) is 4.74 Å². The van der Waals surface area contributed by atoms with E-state index < -0.39 is 39.3 Å². The summed E-state index contributed by atoms with van der Waals surface area (Å²) in [4.78, 5) is 30.5. The lowest BCUT2D eigenvalue weighted by atomic mass is 9.97. The molecule has 0 aliphatic carbocycles. The largest absolute Gasteiger partial charge is 0.494 e. The molecule has 1 aliphatic rings. The lowest BCUT2D eigenvalue weighted by Crippen LogP contribution is -2.47. The highest BCUT2D eigenvalue weighted by molar-refractivity contribution is 7.90. The molecule has 1 fully saturated rings. The summed E-state index contributed by atoms with van der Waals surface area (Å²) < 4.78 is 63.5. The molecular formula is C33H36F2N4O5S. The van der Waals surface area contributed by atoms with Crippen LogP contribution in [-0.2, 0) is 22.9 Å². The van der Waals surface area contributed by atoms with Crippen LogP contribution in [0.25, 0.3) is 11.1 Å². The standard InChI is InChI=1S/C33H36F2N4O5S/c1-22-30(25-11-7-13-28(44-2)31(25)35)32(40)39(20-24(23-9-5-4-6-10-23)19-37-17-15-36-16-18-37)33(41)38(22)21-26-27(34)12-8-14-29(26)45(3,42)43/h4-14,24,36H,15-21H2,1-3H3. The summed E-state index contributed by atoms with van der Waals surface area (Å²) in [6.07, 6.45) is 0.958. The number of rotatable bonds is 10. The van der Waals surface area contributed by atoms with Gasteiger partial charge in [-0.3, -0.25) is 13.9 Å². The molecule has 0 saturated carbocycles. The second-order valence-corrected chi connectivity index (χ2v) is 13.2. The van der Waals surface area contributed by atoms with Crippen LogP contribution < -0.4 is 21.3 Å². The Bertz CT molecular complexity index is 1920. The van der Waals surface area contributed by atoms with Gasteiger partial charge in [0.2, 0.25) is 0 Å². The number of aromatic nitrogens is 2. The van der Waals surface area contributed by atoms with Crippen LogP contribution in [0.3, 0.4) is 0 Å². The van der Waals surface area contributed by atoms with E-state index in [1.54, 1.807) is 0 Å². The first-order valence-corrected chi connectivity index (χ1v) is 16.5. The summed E-state index contributed by atoms with van der Waals surface area (Å²) in [7, 11) is -2.58. The zero-order valence-corrected chi connectivity index (χ0v) is 26.2. The van der Waals surface area contributed by atoms with Crippen molar-refractivity contribution >= 4 is 9.84 Å². The van der Waals surface area contributed by atoms with Crippen molar-refractivity contribution in [3.63, 3.8) is 0 Å². The molecule has 45 heavy (non-hydrogen) atoms. The summed E-state index contributed by atoms with van der Waals surface area (Å²) >= 11 is 0. The van der Waals surface area contributed by atoms with Gasteiger partial charge in [-0.1, -0.05) is 48.5 Å². The van der Waals surface area contributed by atoms with Crippen LogP contribution in [-0.4, -0.2) is 68.5 Å². The molecule has 1 aromatic heterocycles. The van der Waals surface area contributed by atoms with E-state index in [2.05, 4.69) is 10.2 Å². The SMILES string of the molecule is COc1cccc(-c2c(C)n(Cc3c(F)cccc3S(C)(=O)=O)c(=O)n(CC(CN3CCNCC3)c3ccccc3)c2=O)c1F. The Balaban J connectivity index is 1.74. The van der Waals surface area contributed by atoms with E-state index in [1.165, 1.54) is 44.4 Å². The maximum Gasteiger partial charge on any atom is 0.331 e. The molecule has 0 bridgehead atoms. The minimum atomic E-state index is -3.88. The van der Waals surface area contributed by atoms with Crippen LogP contribution in [0.15, 0.2) is 81.2 Å². The van der Waals surface area contributed by atoms with Gasteiger partial charge in [0, 0.05) is 68.3 Å². The molecule has 9 nitrogen and oxygen atoms in total. The quantitative estimate of drug-likeness (QED) is 0.284. The lowest BCUT2D eigenvalue weighted by Gasteiger charge is -2.31. The predicted octanol–water partition coefficient (Wildman–Crippen LogP) is 3.41. The Morgan fingerprint density at radius 2 is 1.60 bits per heavy atom. The van der Waals surface area contributed by atoms with Crippen molar-refractivity contribution in [2.75, 3.05) is 46.1 Å². The Hall–Kier alpha value is -4.13. The van der Waals surface area contributed by atoms with Crippen molar-refractivity contribution in [2.24, 2.45) is 0 Å². The first kappa shape index (κ1) is 32.3. The number of benzene rings is 3. The smallest absolute Gasteiger partial charge is 0.331 e. The highest BCUT2D eigenvalue weighted by Gasteiger charge is 2.27. The van der Waals surface area contributed by atoms with Gasteiger partial charge in [-0.15, -0.1) is 0 Å². The number of nitrogens with one attached hydrogen (secondary N) is 1. The predicted molar refractivity (Wildman–Crippen MR) is 169 cm³/mol. The minimum absolute atomic E-state index is 0.0410. The van der Waals surface area contributed by atoms with E-state index in [9.17, 15) is 18.0 Å². The monoisotopic (exact) mass is 638 g/mol. The molecule has 1 unspecified atom stereocenters. The number of nitrogens with zero attached hydrogens (tertiary/aromatic N) is 3. The number of piperazine rings is 1. The first-order chi connectivity index (χ1) is 21.5. The molecule has 12 heteroatoms. The summed E-state index contributed by atoms with van der Waals surface area (Å²) in [6.45, 7) is 4.69. The maximum absolute atomic E-state index is 15.7. The Morgan fingerprint density at radius 1 is 0.911 bits per heavy atom. The Morgan fingerprint density at radius 3 is 2.27 bits per heavy atom. The Kier molecular flexibility index (Phi) is 9.66. The van der Waals surface area contributed by atoms with Gasteiger partial charge in [0.15, 0.2) is 21.4 Å². The van der Waals surface area contributed by atoms with Crippen molar-refractivity contribution in [2.45, 2.75) is 30.8 Å². The summed E-state index contributed by atoms with van der Waals surface area (Å²) in [5.41, 5.74) is -0.904. The van der Waals surface area contributed by atoms with Gasteiger partial charge in [-0.25, -0.2) is 22.0 Å². The van der Waals surface area contributed by atoms with Gasteiger partial charge in [0.1, 0.15) is 5.82 Å². The molecule has 238 valence electrons. The van der Waals surface area contributed by atoms with Crippen molar-refractivity contribution in [3.8, 4) is 16.9 Å². The van der Waals surface area contributed by atoms with Gasteiger partial charge in [-0.05, 0) is 30.7 Å². The maximum atomic E-state index is 15.7. The van der Waals surface area contributed by atoms with Gasteiger partial charge in [0.05, 0.1) is 24.1 Å². The fourth-order valence-corrected chi connectivity index (χ4v) is 6.87. The van der Waals surface area contributed by atoms with Crippen molar-refractivity contribution in [1.82, 2.24) is 19.4 Å².